The standard InChI is InChI=1S/C17H21NO4.K/c1-3-5-8-11-18-13-10-7-6-9-12(13)15(19)14(16(18)20)17(21)22-4-2;/h6-7,9-10,21H,3-5,8,11H2,1-2H3;/q;+1/p-1/b17-14+;. The van der Waals surface area contributed by atoms with Gasteiger partial charge in [-0.2, -0.15) is 0 Å². The second-order valence-electron chi connectivity index (χ2n) is 5.11. The van der Waals surface area contributed by atoms with E-state index in [0.717, 1.165) is 19.3 Å². The van der Waals surface area contributed by atoms with Crippen molar-refractivity contribution in [3.05, 3.63) is 41.3 Å². The quantitative estimate of drug-likeness (QED) is 0.219. The maximum Gasteiger partial charge on any atom is 1.00 e. The summed E-state index contributed by atoms with van der Waals surface area (Å²) in [5.74, 6) is -1.95. The van der Waals surface area contributed by atoms with E-state index in [4.69, 9.17) is 4.74 Å². The fourth-order valence-corrected chi connectivity index (χ4v) is 2.50. The molecule has 0 aromatic heterocycles. The summed E-state index contributed by atoms with van der Waals surface area (Å²) < 4.78 is 4.87. The van der Waals surface area contributed by atoms with Crippen molar-refractivity contribution in [2.24, 2.45) is 0 Å². The van der Waals surface area contributed by atoms with Crippen LogP contribution in [0.1, 0.15) is 43.5 Å². The van der Waals surface area contributed by atoms with Crippen molar-refractivity contribution in [2.75, 3.05) is 18.1 Å². The van der Waals surface area contributed by atoms with Crippen LogP contribution in [0.25, 0.3) is 0 Å². The van der Waals surface area contributed by atoms with Gasteiger partial charge in [-0.15, -0.1) is 0 Å². The van der Waals surface area contributed by atoms with Crippen molar-refractivity contribution in [2.45, 2.75) is 33.1 Å². The summed E-state index contributed by atoms with van der Waals surface area (Å²) in [5.41, 5.74) is 0.556. The van der Waals surface area contributed by atoms with E-state index in [0.29, 0.717) is 17.8 Å². The van der Waals surface area contributed by atoms with Crippen LogP contribution in [0.2, 0.25) is 0 Å². The number of ketones is 1. The zero-order valence-corrected chi connectivity index (χ0v) is 17.0. The molecule has 6 heteroatoms. The number of Topliss-reactive ketones (excluding diaryl/α,β-unsaturated/α-hetero) is 1. The van der Waals surface area contributed by atoms with E-state index in [1.54, 1.807) is 31.2 Å². The van der Waals surface area contributed by atoms with Gasteiger partial charge in [-0.05, 0) is 25.2 Å². The number of fused-ring (bicyclic) bond motifs is 1. The third-order valence-corrected chi connectivity index (χ3v) is 3.59. The Hall–Kier alpha value is -0.664. The van der Waals surface area contributed by atoms with Crippen LogP contribution in [0, 0.1) is 0 Å². The van der Waals surface area contributed by atoms with Gasteiger partial charge < -0.3 is 14.7 Å². The Morgan fingerprint density at radius 2 is 1.87 bits per heavy atom. The van der Waals surface area contributed by atoms with Crippen molar-refractivity contribution >= 4 is 17.4 Å². The van der Waals surface area contributed by atoms with Gasteiger partial charge in [0.15, 0.2) is 0 Å². The van der Waals surface area contributed by atoms with Crippen LogP contribution in [0.4, 0.5) is 5.69 Å². The minimum Gasteiger partial charge on any atom is -0.613 e. The van der Waals surface area contributed by atoms with Gasteiger partial charge in [-0.3, -0.25) is 9.59 Å². The summed E-state index contributed by atoms with van der Waals surface area (Å²) in [6, 6.07) is 6.87. The molecule has 0 aliphatic carbocycles. The maximum absolute atomic E-state index is 12.6. The molecule has 1 aliphatic heterocycles. The van der Waals surface area contributed by atoms with Gasteiger partial charge in [0.25, 0.3) is 5.91 Å². The van der Waals surface area contributed by atoms with Gasteiger partial charge in [-0.1, -0.05) is 38.8 Å². The van der Waals surface area contributed by atoms with Gasteiger partial charge in [0.05, 0.1) is 11.6 Å². The molecule has 0 saturated carbocycles. The summed E-state index contributed by atoms with van der Waals surface area (Å²) in [5, 5.41) is 12.0. The van der Waals surface area contributed by atoms with E-state index in [1.807, 2.05) is 0 Å². The fraction of sp³-hybridized carbons (Fsp3) is 0.412. The Labute approximate surface area is 179 Å². The molecule has 0 atom stereocenters. The number of nitrogens with zero attached hydrogens (tertiary/aromatic N) is 1. The summed E-state index contributed by atoms with van der Waals surface area (Å²) in [4.78, 5) is 26.5. The van der Waals surface area contributed by atoms with Crippen LogP contribution in [0.3, 0.4) is 0 Å². The number of rotatable bonds is 6. The Morgan fingerprint density at radius 1 is 1.17 bits per heavy atom. The summed E-state index contributed by atoms with van der Waals surface area (Å²) in [7, 11) is 0. The predicted octanol–water partition coefficient (Wildman–Crippen LogP) is -0.981. The van der Waals surface area contributed by atoms with Crippen molar-refractivity contribution in [3.63, 3.8) is 0 Å². The first-order valence-corrected chi connectivity index (χ1v) is 7.61. The van der Waals surface area contributed by atoms with Crippen molar-refractivity contribution < 1.29 is 70.8 Å². The number of amides is 1. The van der Waals surface area contributed by atoms with Crippen LogP contribution in [-0.4, -0.2) is 24.8 Å². The molecule has 1 amide bonds. The Bertz CT molecular complexity index is 612. The van der Waals surface area contributed by atoms with Crippen LogP contribution in [0.5, 0.6) is 0 Å². The molecule has 0 saturated heterocycles. The number of anilines is 1. The first-order chi connectivity index (χ1) is 10.6. The Balaban J connectivity index is 0.00000264. The Kier molecular flexibility index (Phi) is 8.50. The zero-order chi connectivity index (χ0) is 16.1. The molecule has 0 bridgehead atoms. The van der Waals surface area contributed by atoms with E-state index in [-0.39, 0.29) is 58.0 Å². The van der Waals surface area contributed by atoms with Crippen molar-refractivity contribution in [3.8, 4) is 0 Å². The van der Waals surface area contributed by atoms with E-state index in [2.05, 4.69) is 6.92 Å². The monoisotopic (exact) mass is 341 g/mol. The molecule has 23 heavy (non-hydrogen) atoms. The van der Waals surface area contributed by atoms with Gasteiger partial charge in [0, 0.05) is 12.1 Å². The average Bonchev–Trinajstić information content (AvgIpc) is 2.51. The second-order valence-corrected chi connectivity index (χ2v) is 5.11. The molecular formula is C17H20KNO4. The van der Waals surface area contributed by atoms with E-state index in [9.17, 15) is 14.7 Å². The molecule has 1 aromatic rings. The molecular weight excluding hydrogens is 321 g/mol. The van der Waals surface area contributed by atoms with Gasteiger partial charge in [0.1, 0.15) is 5.57 Å². The number of carbonyl (C=O) groups is 2. The number of hydrogen-bond acceptors (Lipinski definition) is 4. The number of hydrogen-bond donors (Lipinski definition) is 0. The topological polar surface area (TPSA) is 69.7 Å². The summed E-state index contributed by atoms with van der Waals surface area (Å²) in [6.45, 7) is 4.33. The minimum atomic E-state index is -0.840. The zero-order valence-electron chi connectivity index (χ0n) is 13.9. The first kappa shape index (κ1) is 20.4. The molecule has 5 nitrogen and oxygen atoms in total. The van der Waals surface area contributed by atoms with E-state index >= 15 is 0 Å². The van der Waals surface area contributed by atoms with Crippen molar-refractivity contribution in [1.29, 1.82) is 0 Å². The molecule has 0 fully saturated rings. The van der Waals surface area contributed by atoms with Crippen LogP contribution >= 0.6 is 0 Å². The van der Waals surface area contributed by atoms with Crippen LogP contribution in [0.15, 0.2) is 35.8 Å². The third-order valence-electron chi connectivity index (χ3n) is 3.59. The largest absolute Gasteiger partial charge is 1.00 e. The Morgan fingerprint density at radius 3 is 2.52 bits per heavy atom. The normalized spacial score (nSPS) is 15.8. The van der Waals surface area contributed by atoms with Crippen molar-refractivity contribution in [1.82, 2.24) is 0 Å². The minimum absolute atomic E-state index is 0. The molecule has 1 heterocycles. The predicted molar refractivity (Wildman–Crippen MR) is 81.3 cm³/mol. The summed E-state index contributed by atoms with van der Waals surface area (Å²) >= 11 is 0. The smallest absolute Gasteiger partial charge is 0.613 e. The number of ether oxygens (including phenoxy) is 1. The molecule has 0 radical (unpaired) electrons. The van der Waals surface area contributed by atoms with E-state index in [1.165, 1.54) is 4.90 Å². The third kappa shape index (κ3) is 4.45. The maximum atomic E-state index is 12.6. The van der Waals surface area contributed by atoms with E-state index < -0.39 is 23.2 Å². The average molecular weight is 341 g/mol. The SMILES string of the molecule is CCCCCN1C(=O)/C(=C(\[O-])OCC)C(=O)c2ccccc21.[K+]. The molecule has 0 unspecified atom stereocenters. The second kappa shape index (κ2) is 9.59. The first-order valence-electron chi connectivity index (χ1n) is 7.61. The molecule has 0 N–H and O–H groups in total. The van der Waals surface area contributed by atoms with Gasteiger partial charge >= 0.3 is 51.4 Å². The number of benzene rings is 1. The van der Waals surface area contributed by atoms with Crippen LogP contribution < -0.4 is 61.4 Å². The van der Waals surface area contributed by atoms with Gasteiger partial charge in [0.2, 0.25) is 5.78 Å². The van der Waals surface area contributed by atoms with Gasteiger partial charge in [-0.25, -0.2) is 0 Å². The number of carbonyl (C=O) groups excluding carboxylic acids is 2. The number of unbranched alkanes of at least 4 members (excludes halogenated alkanes) is 2. The fourth-order valence-electron chi connectivity index (χ4n) is 2.50. The molecule has 1 aromatic carbocycles. The summed E-state index contributed by atoms with van der Waals surface area (Å²) in [6.07, 6.45) is 2.83. The van der Waals surface area contributed by atoms with Crippen LogP contribution in [-0.2, 0) is 9.53 Å². The molecule has 118 valence electrons. The molecule has 1 aliphatic rings. The number of para-hydroxylation sites is 1. The molecule has 2 rings (SSSR count). The molecule has 0 spiro atoms.